The largest absolute Gasteiger partial charge is 0.423 e. The molecular weight excluding hydrogens is 400 g/mol. The Bertz CT molecular complexity index is 1320. The Morgan fingerprint density at radius 1 is 1.09 bits per heavy atom. The number of hydrogen-bond donors (Lipinski definition) is 2. The van der Waals surface area contributed by atoms with Gasteiger partial charge < -0.3 is 9.84 Å². The maximum absolute atomic E-state index is 12.0. The van der Waals surface area contributed by atoms with E-state index in [1.807, 2.05) is 54.6 Å². The van der Waals surface area contributed by atoms with E-state index in [2.05, 4.69) is 29.8 Å². The Hall–Kier alpha value is -3.96. The smallest absolute Gasteiger partial charge is 0.335 e. The molecule has 0 amide bonds. The Kier molecular flexibility index (Phi) is 6.29. The molecule has 5 heteroatoms. The number of allylic oxidation sites excluding steroid dienone is 1. The van der Waals surface area contributed by atoms with Gasteiger partial charge in [0.25, 0.3) is 0 Å². The number of para-hydroxylation sites is 1. The first kappa shape index (κ1) is 21.3. The van der Waals surface area contributed by atoms with E-state index in [4.69, 9.17) is 4.74 Å². The molecule has 0 unspecified atom stereocenters. The van der Waals surface area contributed by atoms with Crippen molar-refractivity contribution in [1.82, 2.24) is 10.2 Å². The number of aromatic amines is 1. The molecule has 1 heterocycles. The molecule has 0 saturated carbocycles. The number of aromatic nitrogens is 2. The van der Waals surface area contributed by atoms with Crippen molar-refractivity contribution in [3.63, 3.8) is 0 Å². The van der Waals surface area contributed by atoms with Gasteiger partial charge >= 0.3 is 5.97 Å². The third kappa shape index (κ3) is 4.24. The number of carbonyl (C=O) groups excluding carboxylic acids is 1. The molecule has 2 N–H and O–H groups in total. The van der Waals surface area contributed by atoms with Crippen LogP contribution in [0.15, 0.2) is 85.6 Å². The van der Waals surface area contributed by atoms with E-state index in [1.165, 1.54) is 0 Å². The Morgan fingerprint density at radius 3 is 2.72 bits per heavy atom. The van der Waals surface area contributed by atoms with Crippen molar-refractivity contribution in [2.75, 3.05) is 0 Å². The molecule has 5 nitrogen and oxygen atoms in total. The number of aliphatic hydroxyl groups is 1. The number of rotatable bonds is 7. The van der Waals surface area contributed by atoms with Crippen molar-refractivity contribution in [3.8, 4) is 5.75 Å². The van der Waals surface area contributed by atoms with E-state index >= 15 is 0 Å². The highest BCUT2D eigenvalue weighted by Crippen LogP contribution is 2.39. The summed E-state index contributed by atoms with van der Waals surface area (Å²) in [5, 5.41) is 17.8. The fourth-order valence-electron chi connectivity index (χ4n) is 3.89. The Balaban J connectivity index is 2.02. The zero-order valence-corrected chi connectivity index (χ0v) is 17.8. The van der Waals surface area contributed by atoms with Crippen molar-refractivity contribution in [2.24, 2.45) is 0 Å². The molecule has 4 rings (SSSR count). The van der Waals surface area contributed by atoms with E-state index < -0.39 is 5.97 Å². The molecule has 0 radical (unpaired) electrons. The van der Waals surface area contributed by atoms with Gasteiger partial charge in [0.15, 0.2) is 0 Å². The van der Waals surface area contributed by atoms with Crippen LogP contribution < -0.4 is 4.74 Å². The topological polar surface area (TPSA) is 75.2 Å². The minimum atomic E-state index is -0.512. The monoisotopic (exact) mass is 424 g/mol. The third-order valence-electron chi connectivity index (χ3n) is 5.38. The lowest BCUT2D eigenvalue weighted by Gasteiger charge is -2.19. The number of fused-ring (bicyclic) bond motifs is 1. The molecule has 4 aromatic rings. The Labute approximate surface area is 186 Å². The van der Waals surface area contributed by atoms with Gasteiger partial charge in [-0.1, -0.05) is 56.0 Å². The summed E-state index contributed by atoms with van der Waals surface area (Å²) in [6.45, 7) is 5.57. The predicted octanol–water partition coefficient (Wildman–Crippen LogP) is 5.52. The molecule has 0 atom stereocenters. The van der Waals surface area contributed by atoms with E-state index in [-0.39, 0.29) is 6.61 Å². The zero-order valence-electron chi connectivity index (χ0n) is 17.8. The van der Waals surface area contributed by atoms with Crippen molar-refractivity contribution in [3.05, 3.63) is 108 Å². The van der Waals surface area contributed by atoms with Gasteiger partial charge in [-0.05, 0) is 58.5 Å². The highest BCUT2D eigenvalue weighted by atomic mass is 16.5. The number of aliphatic hydroxyl groups excluding tert-OH is 1. The van der Waals surface area contributed by atoms with Crippen LogP contribution in [0.3, 0.4) is 0 Å². The van der Waals surface area contributed by atoms with Crippen LogP contribution in [-0.2, 0) is 11.4 Å². The second-order valence-electron chi connectivity index (χ2n) is 7.36. The van der Waals surface area contributed by atoms with Crippen molar-refractivity contribution >= 4 is 28.0 Å². The molecule has 1 aromatic heterocycles. The average molecular weight is 425 g/mol. The average Bonchev–Trinajstić information content (AvgIpc) is 3.31. The van der Waals surface area contributed by atoms with Crippen LogP contribution >= 0.6 is 0 Å². The number of hydrogen-bond acceptors (Lipinski definition) is 4. The second kappa shape index (κ2) is 9.45. The summed E-state index contributed by atoms with van der Waals surface area (Å²) in [6, 6.07) is 21.5. The lowest BCUT2D eigenvalue weighted by atomic mass is 9.87. The molecule has 160 valence electrons. The van der Waals surface area contributed by atoms with Crippen LogP contribution in [-0.4, -0.2) is 21.3 Å². The quantitative estimate of drug-likeness (QED) is 0.177. The molecule has 0 aliphatic rings. The zero-order chi connectivity index (χ0) is 22.5. The first-order valence-corrected chi connectivity index (χ1v) is 10.4. The van der Waals surface area contributed by atoms with E-state index in [0.29, 0.717) is 5.75 Å². The second-order valence-corrected chi connectivity index (χ2v) is 7.36. The van der Waals surface area contributed by atoms with E-state index in [1.54, 1.807) is 12.3 Å². The van der Waals surface area contributed by atoms with Gasteiger partial charge in [-0.25, -0.2) is 4.79 Å². The van der Waals surface area contributed by atoms with Crippen molar-refractivity contribution in [1.29, 1.82) is 0 Å². The maximum Gasteiger partial charge on any atom is 0.335 e. The molecular formula is C27H24N2O3. The molecule has 0 bridgehead atoms. The highest BCUT2D eigenvalue weighted by Gasteiger charge is 2.18. The number of nitrogens with one attached hydrogen (secondary N) is 1. The number of nitrogens with zero attached hydrogens (tertiary/aromatic N) is 1. The standard InChI is InChI=1S/C27H24N2O3/c1-3-22(19-9-7-8-18(14-19)17-30)27(20-12-13-24-21(15-20)16-28-29-24)23-10-5-6-11-25(23)32-26(31)4-2/h4-16,30H,2-3,17H2,1H3,(H,28,29)/b27-22+. The number of esters is 1. The van der Waals surface area contributed by atoms with Gasteiger partial charge in [0.05, 0.1) is 18.3 Å². The summed E-state index contributed by atoms with van der Waals surface area (Å²) in [6.07, 6.45) is 3.68. The summed E-state index contributed by atoms with van der Waals surface area (Å²) in [4.78, 5) is 12.0. The summed E-state index contributed by atoms with van der Waals surface area (Å²) >= 11 is 0. The molecule has 0 aliphatic carbocycles. The van der Waals surface area contributed by atoms with Gasteiger partial charge in [-0.15, -0.1) is 0 Å². The maximum atomic E-state index is 12.0. The predicted molar refractivity (Wildman–Crippen MR) is 127 cm³/mol. The lowest BCUT2D eigenvalue weighted by Crippen LogP contribution is -2.06. The van der Waals surface area contributed by atoms with Gasteiger partial charge in [0.2, 0.25) is 0 Å². The number of benzene rings is 3. The van der Waals surface area contributed by atoms with Crippen LogP contribution in [0.4, 0.5) is 0 Å². The van der Waals surface area contributed by atoms with Crippen LogP contribution in [0.5, 0.6) is 5.75 Å². The molecule has 0 spiro atoms. The molecule has 32 heavy (non-hydrogen) atoms. The van der Waals surface area contributed by atoms with Crippen LogP contribution in [0, 0.1) is 0 Å². The minimum Gasteiger partial charge on any atom is -0.423 e. The van der Waals surface area contributed by atoms with Gasteiger partial charge in [-0.3, -0.25) is 5.10 Å². The van der Waals surface area contributed by atoms with Crippen LogP contribution in [0.1, 0.15) is 35.6 Å². The summed E-state index contributed by atoms with van der Waals surface area (Å²) in [7, 11) is 0. The van der Waals surface area contributed by atoms with Gasteiger partial charge in [0, 0.05) is 17.0 Å². The van der Waals surface area contributed by atoms with Crippen molar-refractivity contribution < 1.29 is 14.6 Å². The number of carbonyl (C=O) groups is 1. The van der Waals surface area contributed by atoms with Crippen molar-refractivity contribution in [2.45, 2.75) is 20.0 Å². The fraction of sp³-hybridized carbons (Fsp3) is 0.111. The highest BCUT2D eigenvalue weighted by molar-refractivity contribution is 6.02. The summed E-state index contributed by atoms with van der Waals surface area (Å²) < 4.78 is 5.60. The number of H-pyrrole nitrogens is 1. The van der Waals surface area contributed by atoms with Gasteiger partial charge in [-0.2, -0.15) is 5.10 Å². The number of ether oxygens (including phenoxy) is 1. The molecule has 0 saturated heterocycles. The van der Waals surface area contributed by atoms with E-state index in [0.717, 1.165) is 56.8 Å². The van der Waals surface area contributed by atoms with Gasteiger partial charge in [0.1, 0.15) is 5.75 Å². The first-order chi connectivity index (χ1) is 15.6. The lowest BCUT2D eigenvalue weighted by molar-refractivity contribution is -0.128. The molecule has 3 aromatic carbocycles. The Morgan fingerprint density at radius 2 is 1.94 bits per heavy atom. The fourth-order valence-corrected chi connectivity index (χ4v) is 3.89. The minimum absolute atomic E-state index is 0.0331. The SMILES string of the molecule is C=CC(=O)Oc1ccccc1/C(=C(\CC)c1cccc(CO)c1)c1ccc2[nH]ncc2c1. The molecule has 0 aliphatic heterocycles. The third-order valence-corrected chi connectivity index (χ3v) is 5.38. The summed E-state index contributed by atoms with van der Waals surface area (Å²) in [5.74, 6) is -0.0497. The molecule has 0 fully saturated rings. The normalized spacial score (nSPS) is 11.8. The summed E-state index contributed by atoms with van der Waals surface area (Å²) in [5.41, 5.74) is 6.60. The van der Waals surface area contributed by atoms with Crippen LogP contribution in [0.2, 0.25) is 0 Å². The first-order valence-electron chi connectivity index (χ1n) is 10.4. The van der Waals surface area contributed by atoms with Crippen LogP contribution in [0.25, 0.3) is 22.0 Å². The van der Waals surface area contributed by atoms with E-state index in [9.17, 15) is 9.90 Å².